The van der Waals surface area contributed by atoms with E-state index in [0.29, 0.717) is 0 Å². The van der Waals surface area contributed by atoms with Crippen LogP contribution in [0, 0.1) is 0 Å². The van der Waals surface area contributed by atoms with Crippen molar-refractivity contribution in [1.29, 1.82) is 0 Å². The highest BCUT2D eigenvalue weighted by molar-refractivity contribution is 5.06. The van der Waals surface area contributed by atoms with E-state index in [-0.39, 0.29) is 0 Å². The molecule has 0 saturated carbocycles. The lowest BCUT2D eigenvalue weighted by Crippen LogP contribution is -1.93. The van der Waals surface area contributed by atoms with Gasteiger partial charge in [-0.05, 0) is 25.7 Å². The average molecular weight is 197 g/mol. The molecule has 0 aliphatic rings. The third-order valence-corrected chi connectivity index (χ3v) is 2.10. The molecule has 0 amide bonds. The topological polar surface area (TPSA) is 26.0 Å². The lowest BCUT2D eigenvalue weighted by atomic mass is 10.1. The Morgan fingerprint density at radius 2 is 1.43 bits per heavy atom. The fourth-order valence-corrected chi connectivity index (χ4v) is 1.06. The molecule has 0 heterocycles. The fourth-order valence-electron chi connectivity index (χ4n) is 1.06. The summed E-state index contributed by atoms with van der Waals surface area (Å²) < 4.78 is 0. The maximum absolute atomic E-state index is 5.67. The van der Waals surface area contributed by atoms with Crippen molar-refractivity contribution >= 4 is 0 Å². The second-order valence-electron chi connectivity index (χ2n) is 2.94. The second-order valence-corrected chi connectivity index (χ2v) is 2.94. The first kappa shape index (κ1) is 15.7. The van der Waals surface area contributed by atoms with E-state index in [4.69, 9.17) is 5.73 Å². The predicted octanol–water partition coefficient (Wildman–Crippen LogP) is 4.40. The fraction of sp³-hybridized carbons (Fsp3) is 0.692. The third kappa shape index (κ3) is 9.37. The van der Waals surface area contributed by atoms with Crippen molar-refractivity contribution < 1.29 is 0 Å². The van der Waals surface area contributed by atoms with Crippen molar-refractivity contribution in [3.05, 3.63) is 23.4 Å². The van der Waals surface area contributed by atoms with Crippen molar-refractivity contribution in [2.24, 2.45) is 5.73 Å². The first-order valence-electron chi connectivity index (χ1n) is 5.86. The quantitative estimate of drug-likeness (QED) is 0.649. The molecular formula is C13H27N. The summed E-state index contributed by atoms with van der Waals surface area (Å²) >= 11 is 0. The van der Waals surface area contributed by atoms with Gasteiger partial charge in [0.15, 0.2) is 0 Å². The van der Waals surface area contributed by atoms with Crippen LogP contribution in [0.2, 0.25) is 0 Å². The molecule has 84 valence electrons. The van der Waals surface area contributed by atoms with Gasteiger partial charge in [-0.3, -0.25) is 0 Å². The molecular weight excluding hydrogens is 170 g/mol. The summed E-state index contributed by atoms with van der Waals surface area (Å²) in [4.78, 5) is 0. The van der Waals surface area contributed by atoms with Gasteiger partial charge in [0.05, 0.1) is 0 Å². The Labute approximate surface area is 90.1 Å². The maximum Gasteiger partial charge on any atom is 0.00403 e. The molecule has 0 aliphatic carbocycles. The Kier molecular flexibility index (Phi) is 13.8. The van der Waals surface area contributed by atoms with Gasteiger partial charge in [0.2, 0.25) is 0 Å². The first-order valence-corrected chi connectivity index (χ1v) is 5.86. The summed E-state index contributed by atoms with van der Waals surface area (Å²) in [6.07, 6.45) is 8.67. The predicted molar refractivity (Wildman–Crippen MR) is 67.2 cm³/mol. The minimum Gasteiger partial charge on any atom is -0.402 e. The van der Waals surface area contributed by atoms with Gasteiger partial charge in [-0.2, -0.15) is 0 Å². The lowest BCUT2D eigenvalue weighted by Gasteiger charge is -1.98. The Bertz CT molecular complexity index is 160. The molecule has 1 nitrogen and oxygen atoms in total. The van der Waals surface area contributed by atoms with Crippen molar-refractivity contribution in [2.45, 2.75) is 60.3 Å². The summed E-state index contributed by atoms with van der Waals surface area (Å²) in [6, 6.07) is 0. The van der Waals surface area contributed by atoms with Gasteiger partial charge in [0.25, 0.3) is 0 Å². The molecule has 0 aliphatic heterocycles. The van der Waals surface area contributed by atoms with E-state index in [1.165, 1.54) is 5.57 Å². The normalized spacial score (nSPS) is 10.2. The van der Waals surface area contributed by atoms with Crippen LogP contribution in [-0.4, -0.2) is 0 Å². The van der Waals surface area contributed by atoms with Crippen molar-refractivity contribution in [3.8, 4) is 0 Å². The summed E-state index contributed by atoms with van der Waals surface area (Å²) in [5.41, 5.74) is 8.20. The van der Waals surface area contributed by atoms with Gasteiger partial charge in [-0.25, -0.2) is 0 Å². The minimum atomic E-state index is 0.960. The number of hydrogen-bond donors (Lipinski definition) is 1. The van der Waals surface area contributed by atoms with Gasteiger partial charge in [0.1, 0.15) is 0 Å². The number of nitrogens with two attached hydrogens (primary N) is 1. The van der Waals surface area contributed by atoms with Crippen LogP contribution in [-0.2, 0) is 0 Å². The summed E-state index contributed by atoms with van der Waals surface area (Å²) in [6.45, 7) is 10.5. The van der Waals surface area contributed by atoms with E-state index >= 15 is 0 Å². The highest BCUT2D eigenvalue weighted by Crippen LogP contribution is 2.07. The van der Waals surface area contributed by atoms with Gasteiger partial charge < -0.3 is 5.73 Å². The van der Waals surface area contributed by atoms with Crippen LogP contribution in [0.1, 0.15) is 60.3 Å². The monoisotopic (exact) mass is 197 g/mol. The van der Waals surface area contributed by atoms with Crippen LogP contribution in [0.4, 0.5) is 0 Å². The van der Waals surface area contributed by atoms with Crippen LogP contribution in [0.3, 0.4) is 0 Å². The summed E-state index contributed by atoms with van der Waals surface area (Å²) in [5.74, 6) is 0. The van der Waals surface area contributed by atoms with Crippen LogP contribution in [0.5, 0.6) is 0 Å². The smallest absolute Gasteiger partial charge is 0.00403 e. The molecule has 0 radical (unpaired) electrons. The van der Waals surface area contributed by atoms with Gasteiger partial charge in [-0.1, -0.05) is 52.3 Å². The average Bonchev–Trinajstić information content (AvgIpc) is 2.27. The second kappa shape index (κ2) is 12.3. The van der Waals surface area contributed by atoms with Crippen LogP contribution >= 0.6 is 0 Å². The molecule has 1 heteroatoms. The van der Waals surface area contributed by atoms with Crippen molar-refractivity contribution in [1.82, 2.24) is 0 Å². The molecule has 0 unspecified atom stereocenters. The first-order chi connectivity index (χ1) is 6.74. The summed E-state index contributed by atoms with van der Waals surface area (Å²) in [7, 11) is 0. The molecule has 0 rings (SSSR count). The van der Waals surface area contributed by atoms with E-state index in [0.717, 1.165) is 31.4 Å². The number of hydrogen-bond acceptors (Lipinski definition) is 1. The molecule has 0 saturated heterocycles. The zero-order valence-corrected chi connectivity index (χ0v) is 10.6. The molecule has 0 spiro atoms. The zero-order valence-electron chi connectivity index (χ0n) is 10.6. The molecule has 0 aromatic rings. The Balaban J connectivity index is 0. The van der Waals surface area contributed by atoms with Crippen LogP contribution in [0.25, 0.3) is 0 Å². The molecule has 0 aromatic heterocycles. The maximum atomic E-state index is 5.67. The van der Waals surface area contributed by atoms with Gasteiger partial charge in [0, 0.05) is 5.70 Å². The van der Waals surface area contributed by atoms with Crippen LogP contribution in [0.15, 0.2) is 23.4 Å². The molecule has 0 aromatic carbocycles. The minimum absolute atomic E-state index is 0.960. The van der Waals surface area contributed by atoms with E-state index in [1.807, 2.05) is 13.8 Å². The summed E-state index contributed by atoms with van der Waals surface area (Å²) in [5, 5.41) is 0. The highest BCUT2D eigenvalue weighted by atomic mass is 14.6. The van der Waals surface area contributed by atoms with Gasteiger partial charge >= 0.3 is 0 Å². The SMILES string of the molecule is CC.CCC(=CC/C=C(/N)CC)CC. The van der Waals surface area contributed by atoms with E-state index in [1.54, 1.807) is 0 Å². The van der Waals surface area contributed by atoms with E-state index < -0.39 is 0 Å². The molecule has 2 N–H and O–H groups in total. The number of rotatable bonds is 5. The Hall–Kier alpha value is -0.720. The lowest BCUT2D eigenvalue weighted by molar-refractivity contribution is 0.960. The van der Waals surface area contributed by atoms with Crippen LogP contribution < -0.4 is 5.73 Å². The standard InChI is InChI=1S/C11H21N.C2H6/c1-4-10(5-2)8-7-9-11(12)6-3;1-2/h8-9H,4-7,12H2,1-3H3;1-2H3/b11-9+;. The van der Waals surface area contributed by atoms with Crippen molar-refractivity contribution in [3.63, 3.8) is 0 Å². The molecule has 0 fully saturated rings. The third-order valence-electron chi connectivity index (χ3n) is 2.10. The largest absolute Gasteiger partial charge is 0.402 e. The molecule has 14 heavy (non-hydrogen) atoms. The molecule has 0 bridgehead atoms. The highest BCUT2D eigenvalue weighted by Gasteiger charge is 1.88. The number of allylic oxidation sites excluding steroid dienone is 4. The van der Waals surface area contributed by atoms with E-state index in [2.05, 4.69) is 32.9 Å². The zero-order chi connectivity index (χ0) is 11.4. The Morgan fingerprint density at radius 1 is 0.929 bits per heavy atom. The Morgan fingerprint density at radius 3 is 1.79 bits per heavy atom. The van der Waals surface area contributed by atoms with E-state index in [9.17, 15) is 0 Å². The van der Waals surface area contributed by atoms with Gasteiger partial charge in [-0.15, -0.1) is 0 Å². The van der Waals surface area contributed by atoms with Crippen molar-refractivity contribution in [2.75, 3.05) is 0 Å². The molecule has 0 atom stereocenters.